The molecule has 0 aliphatic carbocycles. The molecule has 0 spiro atoms. The summed E-state index contributed by atoms with van der Waals surface area (Å²) in [6.07, 6.45) is -4.48. The second-order valence-corrected chi connectivity index (χ2v) is 3.40. The number of hydrogen-bond donors (Lipinski definition) is 1. The first-order chi connectivity index (χ1) is 8.75. The molecule has 0 aliphatic heterocycles. The van der Waals surface area contributed by atoms with E-state index in [1.807, 2.05) is 5.32 Å². The average Bonchev–Trinajstić information content (AvgIpc) is 2.34. The number of amides is 1. The Morgan fingerprint density at radius 1 is 1.37 bits per heavy atom. The van der Waals surface area contributed by atoms with Crippen LogP contribution in [0.15, 0.2) is 18.2 Å². The Hall–Kier alpha value is -2.45. The molecule has 1 amide bonds. The van der Waals surface area contributed by atoms with Crippen LogP contribution in [0.4, 0.5) is 18.9 Å². The van der Waals surface area contributed by atoms with E-state index in [9.17, 15) is 32.9 Å². The van der Waals surface area contributed by atoms with Gasteiger partial charge in [0.2, 0.25) is 0 Å². The topological polar surface area (TPSA) is 89.3 Å². The first-order valence-corrected chi connectivity index (χ1v) is 4.84. The van der Waals surface area contributed by atoms with E-state index in [1.165, 1.54) is 0 Å². The number of non-ortho nitro benzene ring substituents is 1. The van der Waals surface area contributed by atoms with Crippen molar-refractivity contribution in [3.63, 3.8) is 0 Å². The number of benzene rings is 1. The van der Waals surface area contributed by atoms with Crippen LogP contribution in [0.5, 0.6) is 0 Å². The maximum absolute atomic E-state index is 12.5. The van der Waals surface area contributed by atoms with Crippen molar-refractivity contribution in [1.82, 2.24) is 5.32 Å². The van der Waals surface area contributed by atoms with Gasteiger partial charge in [0.1, 0.15) is 6.29 Å². The van der Waals surface area contributed by atoms with Gasteiger partial charge in [-0.3, -0.25) is 14.9 Å². The highest BCUT2D eigenvalue weighted by Crippen LogP contribution is 2.32. The highest BCUT2D eigenvalue weighted by Gasteiger charge is 2.33. The third kappa shape index (κ3) is 3.76. The van der Waals surface area contributed by atoms with E-state index in [1.54, 1.807) is 0 Å². The molecule has 0 aromatic heterocycles. The first kappa shape index (κ1) is 14.6. The van der Waals surface area contributed by atoms with Crippen molar-refractivity contribution in [2.24, 2.45) is 0 Å². The Bertz CT molecular complexity index is 528. The van der Waals surface area contributed by atoms with Crippen molar-refractivity contribution in [3.05, 3.63) is 39.4 Å². The number of nitrogens with zero attached hydrogens (tertiary/aromatic N) is 1. The van der Waals surface area contributed by atoms with Gasteiger partial charge in [-0.15, -0.1) is 0 Å². The monoisotopic (exact) mass is 276 g/mol. The van der Waals surface area contributed by atoms with Gasteiger partial charge >= 0.3 is 6.18 Å². The average molecular weight is 276 g/mol. The number of halogens is 3. The lowest BCUT2D eigenvalue weighted by Crippen LogP contribution is -2.25. The Balaban J connectivity index is 3.24. The second-order valence-electron chi connectivity index (χ2n) is 3.40. The van der Waals surface area contributed by atoms with Gasteiger partial charge in [0.05, 0.1) is 17.0 Å². The Morgan fingerprint density at radius 3 is 2.47 bits per heavy atom. The third-order valence-corrected chi connectivity index (χ3v) is 2.06. The van der Waals surface area contributed by atoms with Gasteiger partial charge in [-0.2, -0.15) is 13.2 Å². The molecule has 0 atom stereocenters. The van der Waals surface area contributed by atoms with Crippen molar-refractivity contribution >= 4 is 17.9 Å². The fraction of sp³-hybridized carbons (Fsp3) is 0.200. The Labute approximate surface area is 104 Å². The number of rotatable bonds is 4. The highest BCUT2D eigenvalue weighted by atomic mass is 19.4. The van der Waals surface area contributed by atoms with Gasteiger partial charge in [0.15, 0.2) is 0 Å². The van der Waals surface area contributed by atoms with Crippen molar-refractivity contribution in [2.75, 3.05) is 6.54 Å². The minimum atomic E-state index is -4.81. The third-order valence-electron chi connectivity index (χ3n) is 2.06. The predicted molar refractivity (Wildman–Crippen MR) is 56.5 cm³/mol. The molecule has 6 nitrogen and oxygen atoms in total. The molecule has 1 aromatic rings. The molecule has 0 saturated carbocycles. The molecular formula is C10H7F3N2O4. The second kappa shape index (κ2) is 5.46. The van der Waals surface area contributed by atoms with E-state index in [0.717, 1.165) is 0 Å². The van der Waals surface area contributed by atoms with E-state index in [-0.39, 0.29) is 0 Å². The van der Waals surface area contributed by atoms with Gasteiger partial charge in [-0.25, -0.2) is 0 Å². The van der Waals surface area contributed by atoms with Crippen molar-refractivity contribution in [1.29, 1.82) is 0 Å². The maximum atomic E-state index is 12.5. The molecule has 0 heterocycles. The summed E-state index contributed by atoms with van der Waals surface area (Å²) in [6.45, 7) is -0.400. The molecule has 19 heavy (non-hydrogen) atoms. The lowest BCUT2D eigenvalue weighted by Gasteiger charge is -2.08. The summed E-state index contributed by atoms with van der Waals surface area (Å²) >= 11 is 0. The van der Waals surface area contributed by atoms with Gasteiger partial charge in [-0.1, -0.05) is 0 Å². The van der Waals surface area contributed by atoms with Crippen molar-refractivity contribution in [2.45, 2.75) is 6.18 Å². The molecule has 0 aliphatic rings. The molecular weight excluding hydrogens is 269 g/mol. The van der Waals surface area contributed by atoms with E-state index >= 15 is 0 Å². The minimum absolute atomic E-state index is 0.330. The standard InChI is InChI=1S/C10H7F3N2O4/c11-10(12,13)7-3-6(9(17)14-1-2-16)4-8(5-7)15(18)19/h2-5H,1H2,(H,14,17). The molecule has 1 rings (SSSR count). The largest absolute Gasteiger partial charge is 0.416 e. The molecule has 102 valence electrons. The summed E-state index contributed by atoms with van der Waals surface area (Å²) in [5.41, 5.74) is -2.70. The van der Waals surface area contributed by atoms with Crippen LogP contribution in [0.1, 0.15) is 15.9 Å². The summed E-state index contributed by atoms with van der Waals surface area (Å²) in [6, 6.07) is 1.51. The van der Waals surface area contributed by atoms with Crippen molar-refractivity contribution in [3.8, 4) is 0 Å². The summed E-state index contributed by atoms with van der Waals surface area (Å²) < 4.78 is 37.5. The normalized spacial score (nSPS) is 10.9. The summed E-state index contributed by atoms with van der Waals surface area (Å²) in [5.74, 6) is -0.999. The predicted octanol–water partition coefficient (Wildman–Crippen LogP) is 1.54. The van der Waals surface area contributed by atoms with Crippen LogP contribution in [0.2, 0.25) is 0 Å². The molecule has 0 unspecified atom stereocenters. The number of hydrogen-bond acceptors (Lipinski definition) is 4. The molecule has 1 N–H and O–H groups in total. The molecule has 0 saturated heterocycles. The van der Waals surface area contributed by atoms with Crippen LogP contribution in [-0.2, 0) is 11.0 Å². The summed E-state index contributed by atoms with van der Waals surface area (Å²) in [4.78, 5) is 30.9. The lowest BCUT2D eigenvalue weighted by molar-refractivity contribution is -0.385. The van der Waals surface area contributed by atoms with Crippen LogP contribution in [0, 0.1) is 10.1 Å². The van der Waals surface area contributed by atoms with Gasteiger partial charge in [0, 0.05) is 17.7 Å². The summed E-state index contributed by atoms with van der Waals surface area (Å²) in [7, 11) is 0. The van der Waals surface area contributed by atoms with Crippen LogP contribution >= 0.6 is 0 Å². The molecule has 1 aromatic carbocycles. The zero-order valence-electron chi connectivity index (χ0n) is 9.23. The smallest absolute Gasteiger partial charge is 0.345 e. The van der Waals surface area contributed by atoms with E-state index in [4.69, 9.17) is 0 Å². The van der Waals surface area contributed by atoms with Gasteiger partial charge in [0.25, 0.3) is 11.6 Å². The number of nitrogens with one attached hydrogen (secondary N) is 1. The highest BCUT2D eigenvalue weighted by molar-refractivity contribution is 5.95. The number of carbonyl (C=O) groups is 2. The number of carbonyl (C=O) groups excluding carboxylic acids is 2. The van der Waals surface area contributed by atoms with Gasteiger partial charge in [-0.05, 0) is 6.07 Å². The number of alkyl halides is 3. The molecule has 0 fully saturated rings. The SMILES string of the molecule is O=CCNC(=O)c1cc([N+](=O)[O-])cc(C(F)(F)F)c1. The van der Waals surface area contributed by atoms with E-state index < -0.39 is 40.4 Å². The minimum Gasteiger partial charge on any atom is -0.345 e. The van der Waals surface area contributed by atoms with Crippen LogP contribution in [-0.4, -0.2) is 23.7 Å². The van der Waals surface area contributed by atoms with E-state index in [2.05, 4.69) is 0 Å². The Kier molecular flexibility index (Phi) is 4.20. The molecule has 0 bridgehead atoms. The molecule has 9 heteroatoms. The number of nitro groups is 1. The maximum Gasteiger partial charge on any atom is 0.416 e. The van der Waals surface area contributed by atoms with Crippen LogP contribution in [0.3, 0.4) is 0 Å². The van der Waals surface area contributed by atoms with Crippen molar-refractivity contribution < 1.29 is 27.7 Å². The zero-order chi connectivity index (χ0) is 14.6. The van der Waals surface area contributed by atoms with Gasteiger partial charge < -0.3 is 10.1 Å². The first-order valence-electron chi connectivity index (χ1n) is 4.84. The van der Waals surface area contributed by atoms with E-state index in [0.29, 0.717) is 24.5 Å². The zero-order valence-corrected chi connectivity index (χ0v) is 9.23. The molecule has 0 radical (unpaired) electrons. The quantitative estimate of drug-likeness (QED) is 0.513. The number of nitro benzene ring substituents is 1. The summed E-state index contributed by atoms with van der Waals surface area (Å²) in [5, 5.41) is 12.5. The number of aldehydes is 1. The Morgan fingerprint density at radius 2 is 2.00 bits per heavy atom. The lowest BCUT2D eigenvalue weighted by atomic mass is 10.1. The van der Waals surface area contributed by atoms with Crippen LogP contribution < -0.4 is 5.32 Å². The fourth-order valence-electron chi connectivity index (χ4n) is 1.25. The fourth-order valence-corrected chi connectivity index (χ4v) is 1.25. The van der Waals surface area contributed by atoms with Crippen LogP contribution in [0.25, 0.3) is 0 Å².